The molecule has 7 nitrogen and oxygen atoms in total. The molecule has 1 N–H and O–H groups in total. The number of hydrogen-bond donors (Lipinski definition) is 1. The monoisotopic (exact) mass is 435 g/mol. The number of phenols is 1. The number of fused-ring (bicyclic) bond motifs is 1. The van der Waals surface area contributed by atoms with Gasteiger partial charge in [-0.3, -0.25) is 14.5 Å². The normalized spacial score (nSPS) is 14.5. The van der Waals surface area contributed by atoms with Crippen LogP contribution in [0.4, 0.5) is 0 Å². The first kappa shape index (κ1) is 21.9. The Morgan fingerprint density at radius 1 is 1.12 bits per heavy atom. The summed E-state index contributed by atoms with van der Waals surface area (Å²) < 4.78 is 10.7. The molecule has 3 aromatic rings. The van der Waals surface area contributed by atoms with Gasteiger partial charge < -0.3 is 14.3 Å². The van der Waals surface area contributed by atoms with E-state index in [0.717, 1.165) is 39.3 Å². The number of carbonyl (C=O) groups excluding carboxylic acids is 2. The largest absolute Gasteiger partial charge is 0.507 e. The standard InChI is InChI=1S/C25H25NO6/c1-16-19-8-9-22(29)20(15-27)24(19)32-25(30)23(16)18-6-4-17(5-7-18)21(28)3-2-10-26-11-13-31-14-12-26/h4-9,15,29H,2-3,10-14H2,1H3. The number of Topliss-reactive ketones (excluding diaryl/α,β-unsaturated/α-hetero) is 1. The van der Waals surface area contributed by atoms with Crippen LogP contribution in [0.1, 0.15) is 39.1 Å². The molecule has 2 aromatic carbocycles. The smallest absolute Gasteiger partial charge is 0.344 e. The highest BCUT2D eigenvalue weighted by Crippen LogP contribution is 2.31. The number of aryl methyl sites for hydroxylation is 1. The first-order valence-electron chi connectivity index (χ1n) is 10.7. The van der Waals surface area contributed by atoms with Gasteiger partial charge in [-0.25, -0.2) is 4.79 Å². The molecule has 0 bridgehead atoms. The van der Waals surface area contributed by atoms with Crippen molar-refractivity contribution < 1.29 is 23.8 Å². The summed E-state index contributed by atoms with van der Waals surface area (Å²) in [6.07, 6.45) is 1.73. The maximum Gasteiger partial charge on any atom is 0.344 e. The van der Waals surface area contributed by atoms with E-state index in [1.54, 1.807) is 37.3 Å². The van der Waals surface area contributed by atoms with Gasteiger partial charge in [0.1, 0.15) is 5.75 Å². The number of hydrogen-bond acceptors (Lipinski definition) is 7. The van der Waals surface area contributed by atoms with E-state index < -0.39 is 5.63 Å². The van der Waals surface area contributed by atoms with E-state index in [1.165, 1.54) is 6.07 Å². The summed E-state index contributed by atoms with van der Waals surface area (Å²) in [6.45, 7) is 5.95. The molecule has 1 saturated heterocycles. The lowest BCUT2D eigenvalue weighted by molar-refractivity contribution is 0.0371. The predicted molar refractivity (Wildman–Crippen MR) is 121 cm³/mol. The highest BCUT2D eigenvalue weighted by atomic mass is 16.5. The van der Waals surface area contributed by atoms with Crippen molar-refractivity contribution in [3.8, 4) is 16.9 Å². The SMILES string of the molecule is Cc1c(-c2ccc(C(=O)CCCN3CCOCC3)cc2)c(=O)oc2c(C=O)c(O)ccc12. The third-order valence-corrected chi connectivity index (χ3v) is 5.95. The Kier molecular flexibility index (Phi) is 6.48. The van der Waals surface area contributed by atoms with Gasteiger partial charge in [0.25, 0.3) is 0 Å². The highest BCUT2D eigenvalue weighted by Gasteiger charge is 2.18. The Labute approximate surface area is 185 Å². The quantitative estimate of drug-likeness (QED) is 0.344. The lowest BCUT2D eigenvalue weighted by Gasteiger charge is -2.26. The first-order valence-corrected chi connectivity index (χ1v) is 10.7. The Balaban J connectivity index is 1.53. The summed E-state index contributed by atoms with van der Waals surface area (Å²) in [5.41, 5.74) is 1.66. The number of carbonyl (C=O) groups is 2. The molecule has 1 aliphatic rings. The molecule has 0 aliphatic carbocycles. The fourth-order valence-corrected chi connectivity index (χ4v) is 4.13. The molecule has 7 heteroatoms. The molecule has 2 heterocycles. The maximum absolute atomic E-state index is 12.7. The third-order valence-electron chi connectivity index (χ3n) is 5.95. The van der Waals surface area contributed by atoms with E-state index in [4.69, 9.17) is 9.15 Å². The van der Waals surface area contributed by atoms with Crippen LogP contribution in [0.25, 0.3) is 22.1 Å². The van der Waals surface area contributed by atoms with Gasteiger partial charge >= 0.3 is 5.63 Å². The summed E-state index contributed by atoms with van der Waals surface area (Å²) in [5.74, 6) is -0.169. The van der Waals surface area contributed by atoms with Crippen LogP contribution in [0.15, 0.2) is 45.6 Å². The number of ketones is 1. The average Bonchev–Trinajstić information content (AvgIpc) is 2.80. The van der Waals surface area contributed by atoms with E-state index in [2.05, 4.69) is 4.90 Å². The number of aromatic hydroxyl groups is 1. The molecule has 0 saturated carbocycles. The van der Waals surface area contributed by atoms with Gasteiger partial charge in [-0.2, -0.15) is 0 Å². The van der Waals surface area contributed by atoms with E-state index >= 15 is 0 Å². The van der Waals surface area contributed by atoms with Crippen LogP contribution >= 0.6 is 0 Å². The zero-order chi connectivity index (χ0) is 22.7. The van der Waals surface area contributed by atoms with E-state index in [1.807, 2.05) is 0 Å². The third kappa shape index (κ3) is 4.35. The van der Waals surface area contributed by atoms with Crippen molar-refractivity contribution in [2.45, 2.75) is 19.8 Å². The summed E-state index contributed by atoms with van der Waals surface area (Å²) in [4.78, 5) is 38.9. The van der Waals surface area contributed by atoms with Gasteiger partial charge in [-0.15, -0.1) is 0 Å². The van der Waals surface area contributed by atoms with Gasteiger partial charge in [0, 0.05) is 30.5 Å². The second kappa shape index (κ2) is 9.46. The van der Waals surface area contributed by atoms with Crippen LogP contribution in [0, 0.1) is 6.92 Å². The Morgan fingerprint density at radius 3 is 2.53 bits per heavy atom. The second-order valence-electron chi connectivity index (χ2n) is 7.94. The maximum atomic E-state index is 12.7. The molecule has 0 amide bonds. The predicted octanol–water partition coefficient (Wildman–Crippen LogP) is 3.58. The van der Waals surface area contributed by atoms with Crippen molar-refractivity contribution in [2.24, 2.45) is 0 Å². The van der Waals surface area contributed by atoms with E-state index in [0.29, 0.717) is 40.3 Å². The van der Waals surface area contributed by atoms with Crippen LogP contribution in [-0.4, -0.2) is 54.9 Å². The van der Waals surface area contributed by atoms with Crippen molar-refractivity contribution in [2.75, 3.05) is 32.8 Å². The van der Waals surface area contributed by atoms with Gasteiger partial charge in [0.05, 0.1) is 24.3 Å². The molecule has 1 aliphatic heterocycles. The molecule has 1 aromatic heterocycles. The second-order valence-corrected chi connectivity index (χ2v) is 7.94. The van der Waals surface area contributed by atoms with Crippen LogP contribution < -0.4 is 5.63 Å². The molecule has 0 radical (unpaired) electrons. The molecule has 32 heavy (non-hydrogen) atoms. The number of phenolic OH excluding ortho intramolecular Hbond substituents is 1. The molecular weight excluding hydrogens is 410 g/mol. The van der Waals surface area contributed by atoms with Crippen LogP contribution in [-0.2, 0) is 4.74 Å². The molecule has 0 spiro atoms. The Hall–Kier alpha value is -3.29. The highest BCUT2D eigenvalue weighted by molar-refractivity contribution is 6.00. The minimum Gasteiger partial charge on any atom is -0.507 e. The topological polar surface area (TPSA) is 97.0 Å². The molecule has 0 unspecified atom stereocenters. The summed E-state index contributed by atoms with van der Waals surface area (Å²) in [6, 6.07) is 9.95. The van der Waals surface area contributed by atoms with Crippen LogP contribution in [0.5, 0.6) is 5.75 Å². The van der Waals surface area contributed by atoms with Crippen molar-refractivity contribution in [3.63, 3.8) is 0 Å². The Morgan fingerprint density at radius 2 is 1.84 bits per heavy atom. The fraction of sp³-hybridized carbons (Fsp3) is 0.320. The average molecular weight is 435 g/mol. The van der Waals surface area contributed by atoms with Gasteiger partial charge in [0.2, 0.25) is 0 Å². The summed E-state index contributed by atoms with van der Waals surface area (Å²) in [7, 11) is 0. The number of rotatable bonds is 7. The summed E-state index contributed by atoms with van der Waals surface area (Å²) in [5, 5.41) is 10.4. The minimum absolute atomic E-state index is 0.0488. The lowest BCUT2D eigenvalue weighted by atomic mass is 9.96. The zero-order valence-corrected chi connectivity index (χ0v) is 17.9. The van der Waals surface area contributed by atoms with Gasteiger partial charge in [-0.05, 0) is 43.1 Å². The van der Waals surface area contributed by atoms with Crippen molar-refractivity contribution in [1.82, 2.24) is 4.90 Å². The van der Waals surface area contributed by atoms with E-state index in [9.17, 15) is 19.5 Å². The molecule has 4 rings (SSSR count). The van der Waals surface area contributed by atoms with Crippen molar-refractivity contribution in [1.29, 1.82) is 0 Å². The molecule has 166 valence electrons. The minimum atomic E-state index is -0.603. The van der Waals surface area contributed by atoms with Gasteiger partial charge in [0.15, 0.2) is 17.7 Å². The summed E-state index contributed by atoms with van der Waals surface area (Å²) >= 11 is 0. The van der Waals surface area contributed by atoms with Crippen molar-refractivity contribution >= 4 is 23.0 Å². The van der Waals surface area contributed by atoms with Crippen LogP contribution in [0.2, 0.25) is 0 Å². The Bertz CT molecular complexity index is 1210. The lowest BCUT2D eigenvalue weighted by Crippen LogP contribution is -2.36. The van der Waals surface area contributed by atoms with E-state index in [-0.39, 0.29) is 22.7 Å². The molecule has 0 atom stereocenters. The number of ether oxygens (including phenoxy) is 1. The number of aldehydes is 1. The van der Waals surface area contributed by atoms with Gasteiger partial charge in [-0.1, -0.05) is 24.3 Å². The van der Waals surface area contributed by atoms with Crippen LogP contribution in [0.3, 0.4) is 0 Å². The number of nitrogens with zero attached hydrogens (tertiary/aromatic N) is 1. The number of morpholine rings is 1. The molecular formula is C25H25NO6. The zero-order valence-electron chi connectivity index (χ0n) is 17.9. The first-order chi connectivity index (χ1) is 15.5. The fourth-order valence-electron chi connectivity index (χ4n) is 4.13. The van der Waals surface area contributed by atoms with Crippen molar-refractivity contribution in [3.05, 3.63) is 63.5 Å². The molecule has 1 fully saturated rings. The number of benzene rings is 2.